The van der Waals surface area contributed by atoms with Gasteiger partial charge in [-0.1, -0.05) is 24.3 Å². The zero-order valence-corrected chi connectivity index (χ0v) is 8.78. The van der Waals surface area contributed by atoms with Crippen LogP contribution in [0.3, 0.4) is 0 Å². The third-order valence-corrected chi connectivity index (χ3v) is 2.99. The van der Waals surface area contributed by atoms with Crippen molar-refractivity contribution in [3.05, 3.63) is 35.4 Å². The molecule has 0 saturated carbocycles. The van der Waals surface area contributed by atoms with Crippen molar-refractivity contribution in [2.45, 2.75) is 25.2 Å². The van der Waals surface area contributed by atoms with Gasteiger partial charge in [0.05, 0.1) is 12.5 Å². The van der Waals surface area contributed by atoms with Crippen LogP contribution in [0.15, 0.2) is 24.3 Å². The van der Waals surface area contributed by atoms with Crippen LogP contribution < -0.4 is 0 Å². The van der Waals surface area contributed by atoms with Crippen LogP contribution in [0.1, 0.15) is 29.9 Å². The van der Waals surface area contributed by atoms with Gasteiger partial charge in [0.2, 0.25) is 0 Å². The molecular weight excluding hydrogens is 186 g/mol. The van der Waals surface area contributed by atoms with Gasteiger partial charge in [0.1, 0.15) is 0 Å². The van der Waals surface area contributed by atoms with Gasteiger partial charge in [-0.15, -0.1) is 0 Å². The highest BCUT2D eigenvalue weighted by Crippen LogP contribution is 2.29. The first-order valence-corrected chi connectivity index (χ1v) is 5.44. The molecular formula is C13H15NO. The summed E-state index contributed by atoms with van der Waals surface area (Å²) in [5, 5.41) is 8.77. The summed E-state index contributed by atoms with van der Waals surface area (Å²) in [6.45, 7) is 1.71. The van der Waals surface area contributed by atoms with E-state index in [2.05, 4.69) is 24.3 Å². The Balaban J connectivity index is 2.21. The van der Waals surface area contributed by atoms with Crippen LogP contribution in [0.4, 0.5) is 0 Å². The highest BCUT2D eigenvalue weighted by Gasteiger charge is 2.17. The molecule has 0 N–H and O–H groups in total. The smallest absolute Gasteiger partial charge is 0.0669 e. The first-order valence-electron chi connectivity index (χ1n) is 5.44. The lowest BCUT2D eigenvalue weighted by molar-refractivity contribution is 0.0852. The molecule has 2 nitrogen and oxygen atoms in total. The summed E-state index contributed by atoms with van der Waals surface area (Å²) in [5.74, 6) is 0.586. The van der Waals surface area contributed by atoms with Gasteiger partial charge in [0.25, 0.3) is 0 Å². The Morgan fingerprint density at radius 2 is 2.00 bits per heavy atom. The fraction of sp³-hybridized carbons (Fsp3) is 0.462. The third-order valence-electron chi connectivity index (χ3n) is 2.99. The number of hydrogen-bond donors (Lipinski definition) is 0. The number of hydrogen-bond acceptors (Lipinski definition) is 2. The fourth-order valence-corrected chi connectivity index (χ4v) is 2.19. The van der Waals surface area contributed by atoms with Gasteiger partial charge in [0.15, 0.2) is 0 Å². The van der Waals surface area contributed by atoms with Crippen LogP contribution in [0.25, 0.3) is 0 Å². The number of ether oxygens (including phenoxy) is 1. The van der Waals surface area contributed by atoms with Gasteiger partial charge in [-0.2, -0.15) is 5.26 Å². The minimum absolute atomic E-state index is 0.521. The molecule has 1 aromatic carbocycles. The molecule has 2 heteroatoms. The Bertz CT molecular complexity index is 361. The standard InChI is InChI=1S/C13H15NO/c14-8-5-11-3-1-2-4-13(11)12-6-9-15-10-7-12/h1-4,12H,5-7,9-10H2. The molecule has 0 aromatic heterocycles. The molecule has 78 valence electrons. The van der Waals surface area contributed by atoms with Crippen molar-refractivity contribution in [2.24, 2.45) is 0 Å². The fourth-order valence-electron chi connectivity index (χ4n) is 2.19. The van der Waals surface area contributed by atoms with Crippen molar-refractivity contribution in [1.29, 1.82) is 5.26 Å². The van der Waals surface area contributed by atoms with Crippen LogP contribution in [-0.2, 0) is 11.2 Å². The molecule has 0 radical (unpaired) electrons. The average molecular weight is 201 g/mol. The number of nitriles is 1. The molecule has 1 aromatic rings. The Hall–Kier alpha value is -1.33. The van der Waals surface area contributed by atoms with Crippen LogP contribution in [0.5, 0.6) is 0 Å². The number of rotatable bonds is 2. The molecule has 0 spiro atoms. The lowest BCUT2D eigenvalue weighted by atomic mass is 9.87. The normalized spacial score (nSPS) is 17.3. The molecule has 0 atom stereocenters. The van der Waals surface area contributed by atoms with Crippen molar-refractivity contribution < 1.29 is 4.74 Å². The molecule has 15 heavy (non-hydrogen) atoms. The molecule has 0 bridgehead atoms. The Morgan fingerprint density at radius 1 is 1.27 bits per heavy atom. The van der Waals surface area contributed by atoms with Crippen molar-refractivity contribution >= 4 is 0 Å². The summed E-state index contributed by atoms with van der Waals surface area (Å²) in [4.78, 5) is 0. The molecule has 1 heterocycles. The predicted octanol–water partition coefficient (Wildman–Crippen LogP) is 2.65. The SMILES string of the molecule is N#CCc1ccccc1C1CCOCC1. The highest BCUT2D eigenvalue weighted by molar-refractivity contribution is 5.32. The molecule has 1 fully saturated rings. The molecule has 1 aliphatic rings. The van der Waals surface area contributed by atoms with Gasteiger partial charge < -0.3 is 4.74 Å². The lowest BCUT2D eigenvalue weighted by Crippen LogP contribution is -2.15. The third kappa shape index (κ3) is 2.37. The summed E-state index contributed by atoms with van der Waals surface area (Å²) >= 11 is 0. The van der Waals surface area contributed by atoms with E-state index < -0.39 is 0 Å². The largest absolute Gasteiger partial charge is 0.381 e. The van der Waals surface area contributed by atoms with E-state index >= 15 is 0 Å². The maximum Gasteiger partial charge on any atom is 0.0669 e. The van der Waals surface area contributed by atoms with E-state index in [0.29, 0.717) is 12.3 Å². The summed E-state index contributed by atoms with van der Waals surface area (Å²) in [5.41, 5.74) is 2.54. The van der Waals surface area contributed by atoms with E-state index in [9.17, 15) is 0 Å². The average Bonchev–Trinajstić information content (AvgIpc) is 2.31. The van der Waals surface area contributed by atoms with Gasteiger partial charge in [-0.3, -0.25) is 0 Å². The van der Waals surface area contributed by atoms with Gasteiger partial charge >= 0.3 is 0 Å². The van der Waals surface area contributed by atoms with E-state index in [-0.39, 0.29) is 0 Å². The molecule has 0 unspecified atom stereocenters. The summed E-state index contributed by atoms with van der Waals surface area (Å²) in [6, 6.07) is 10.5. The second-order valence-electron chi connectivity index (χ2n) is 3.92. The number of nitrogens with zero attached hydrogens (tertiary/aromatic N) is 1. The zero-order chi connectivity index (χ0) is 10.5. The quantitative estimate of drug-likeness (QED) is 0.737. The molecule has 2 rings (SSSR count). The second-order valence-corrected chi connectivity index (χ2v) is 3.92. The maximum atomic E-state index is 8.77. The monoisotopic (exact) mass is 201 g/mol. The Morgan fingerprint density at radius 3 is 2.73 bits per heavy atom. The van der Waals surface area contributed by atoms with Gasteiger partial charge in [-0.05, 0) is 29.9 Å². The molecule has 0 aliphatic carbocycles. The van der Waals surface area contributed by atoms with E-state index in [0.717, 1.165) is 26.1 Å². The number of benzene rings is 1. The van der Waals surface area contributed by atoms with Crippen molar-refractivity contribution in [3.63, 3.8) is 0 Å². The van der Waals surface area contributed by atoms with E-state index in [1.807, 2.05) is 6.07 Å². The predicted molar refractivity (Wildman–Crippen MR) is 58.6 cm³/mol. The Labute approximate surface area is 90.5 Å². The van der Waals surface area contributed by atoms with Crippen LogP contribution in [0, 0.1) is 11.3 Å². The van der Waals surface area contributed by atoms with E-state index in [1.54, 1.807) is 0 Å². The molecule has 0 amide bonds. The van der Waals surface area contributed by atoms with Crippen molar-refractivity contribution in [3.8, 4) is 6.07 Å². The van der Waals surface area contributed by atoms with Crippen molar-refractivity contribution in [1.82, 2.24) is 0 Å². The summed E-state index contributed by atoms with van der Waals surface area (Å²) in [6.07, 6.45) is 2.69. The lowest BCUT2D eigenvalue weighted by Gasteiger charge is -2.24. The summed E-state index contributed by atoms with van der Waals surface area (Å²) < 4.78 is 5.36. The topological polar surface area (TPSA) is 33.0 Å². The van der Waals surface area contributed by atoms with Crippen LogP contribution in [-0.4, -0.2) is 13.2 Å². The zero-order valence-electron chi connectivity index (χ0n) is 8.78. The first-order chi connectivity index (χ1) is 7.42. The molecule has 1 aliphatic heterocycles. The highest BCUT2D eigenvalue weighted by atomic mass is 16.5. The van der Waals surface area contributed by atoms with Crippen LogP contribution in [0.2, 0.25) is 0 Å². The van der Waals surface area contributed by atoms with E-state index in [1.165, 1.54) is 11.1 Å². The Kier molecular flexibility index (Phi) is 3.37. The van der Waals surface area contributed by atoms with Gasteiger partial charge in [0, 0.05) is 13.2 Å². The maximum absolute atomic E-state index is 8.77. The van der Waals surface area contributed by atoms with Crippen molar-refractivity contribution in [2.75, 3.05) is 13.2 Å². The van der Waals surface area contributed by atoms with Crippen LogP contribution >= 0.6 is 0 Å². The van der Waals surface area contributed by atoms with E-state index in [4.69, 9.17) is 10.00 Å². The minimum atomic E-state index is 0.521. The molecule has 1 saturated heterocycles. The minimum Gasteiger partial charge on any atom is -0.381 e. The van der Waals surface area contributed by atoms with Gasteiger partial charge in [-0.25, -0.2) is 0 Å². The summed E-state index contributed by atoms with van der Waals surface area (Å²) in [7, 11) is 0. The first kappa shape index (κ1) is 10.2. The second kappa shape index (κ2) is 4.95.